The van der Waals surface area contributed by atoms with Gasteiger partial charge in [0.25, 0.3) is 0 Å². The molecule has 1 aliphatic rings. The zero-order valence-corrected chi connectivity index (χ0v) is 12.8. The van der Waals surface area contributed by atoms with Crippen molar-refractivity contribution in [3.05, 3.63) is 28.0 Å². The minimum atomic E-state index is -0.956. The molecule has 0 unspecified atom stereocenters. The molecule has 0 atom stereocenters. The first-order valence-corrected chi connectivity index (χ1v) is 7.78. The molecule has 0 aromatic carbocycles. The van der Waals surface area contributed by atoms with Gasteiger partial charge in [-0.15, -0.1) is 11.3 Å². The maximum Gasteiger partial charge on any atom is 0.329 e. The number of carboxylic acid groups (broad SMARTS) is 1. The first-order valence-electron chi connectivity index (χ1n) is 6.90. The monoisotopic (exact) mass is 309 g/mol. The molecule has 21 heavy (non-hydrogen) atoms. The molecule has 1 fully saturated rings. The lowest BCUT2D eigenvalue weighted by Crippen LogP contribution is -2.40. The number of ether oxygens (including phenoxy) is 1. The topological polar surface area (TPSA) is 66.8 Å². The number of likely N-dealkylation sites (tertiary alicyclic amines) is 1. The van der Waals surface area contributed by atoms with E-state index in [0.29, 0.717) is 25.9 Å². The second-order valence-corrected chi connectivity index (χ2v) is 5.98. The van der Waals surface area contributed by atoms with E-state index < -0.39 is 5.97 Å². The van der Waals surface area contributed by atoms with Crippen molar-refractivity contribution in [1.29, 1.82) is 0 Å². The number of piperidine rings is 1. The molecule has 1 aliphatic heterocycles. The van der Waals surface area contributed by atoms with Crippen LogP contribution in [0.2, 0.25) is 0 Å². The Bertz CT molecular complexity index is 530. The summed E-state index contributed by atoms with van der Waals surface area (Å²) in [5.74, 6) is -0.956. The van der Waals surface area contributed by atoms with E-state index in [0.717, 1.165) is 4.88 Å². The second-order valence-electron chi connectivity index (χ2n) is 5.03. The summed E-state index contributed by atoms with van der Waals surface area (Å²) in [6.07, 6.45) is 4.77. The molecule has 0 aliphatic carbocycles. The molecule has 6 heteroatoms. The third-order valence-electron chi connectivity index (χ3n) is 3.48. The maximum atomic E-state index is 12.1. The number of thiophene rings is 1. The molecule has 0 bridgehead atoms. The number of aryl methyl sites for hydroxylation is 1. The van der Waals surface area contributed by atoms with E-state index in [4.69, 9.17) is 9.84 Å². The van der Waals surface area contributed by atoms with Gasteiger partial charge in [0.15, 0.2) is 0 Å². The highest BCUT2D eigenvalue weighted by Crippen LogP contribution is 2.18. The molecular weight excluding hydrogens is 290 g/mol. The van der Waals surface area contributed by atoms with Crippen molar-refractivity contribution in [2.75, 3.05) is 19.7 Å². The molecular formula is C15H19NO4S. The van der Waals surface area contributed by atoms with Gasteiger partial charge in [-0.25, -0.2) is 4.79 Å². The predicted octanol–water partition coefficient (Wildman–Crippen LogP) is 2.16. The number of carboxylic acids is 1. The van der Waals surface area contributed by atoms with Crippen LogP contribution in [0.25, 0.3) is 6.08 Å². The highest BCUT2D eigenvalue weighted by atomic mass is 32.1. The van der Waals surface area contributed by atoms with Crippen molar-refractivity contribution in [2.45, 2.75) is 25.9 Å². The second kappa shape index (κ2) is 7.38. The van der Waals surface area contributed by atoms with E-state index >= 15 is 0 Å². The summed E-state index contributed by atoms with van der Waals surface area (Å²) in [6.45, 7) is 2.97. The predicted molar refractivity (Wildman–Crippen MR) is 81.3 cm³/mol. The highest BCUT2D eigenvalue weighted by molar-refractivity contribution is 7.11. The number of amides is 1. The van der Waals surface area contributed by atoms with Crippen LogP contribution < -0.4 is 0 Å². The number of rotatable bonds is 5. The number of hydrogen-bond donors (Lipinski definition) is 1. The van der Waals surface area contributed by atoms with Crippen LogP contribution in [-0.2, 0) is 14.3 Å². The van der Waals surface area contributed by atoms with Crippen molar-refractivity contribution in [1.82, 2.24) is 4.90 Å². The van der Waals surface area contributed by atoms with Crippen LogP contribution in [0.1, 0.15) is 23.3 Å². The van der Waals surface area contributed by atoms with Gasteiger partial charge >= 0.3 is 5.97 Å². The van der Waals surface area contributed by atoms with Crippen molar-refractivity contribution in [2.24, 2.45) is 0 Å². The summed E-state index contributed by atoms with van der Waals surface area (Å²) in [7, 11) is 0. The number of carbonyl (C=O) groups is 2. The first kappa shape index (κ1) is 15.7. The fraction of sp³-hybridized carbons (Fsp3) is 0.467. The van der Waals surface area contributed by atoms with Gasteiger partial charge < -0.3 is 14.7 Å². The van der Waals surface area contributed by atoms with Crippen molar-refractivity contribution >= 4 is 29.3 Å². The Kier molecular flexibility index (Phi) is 5.52. The van der Waals surface area contributed by atoms with Crippen LogP contribution in [0.3, 0.4) is 0 Å². The molecule has 1 saturated heterocycles. The Morgan fingerprint density at radius 3 is 2.76 bits per heavy atom. The summed E-state index contributed by atoms with van der Waals surface area (Å²) in [6, 6.07) is 2.03. The standard InChI is InChI=1S/C15H19NO4S/c1-11-6-9-21-13(11)2-3-14(17)16-7-4-12(5-8-16)20-10-15(18)19/h2-3,6,9,12H,4-5,7-8,10H2,1H3,(H,18,19). The van der Waals surface area contributed by atoms with E-state index in [2.05, 4.69) is 0 Å². The number of aliphatic carboxylic acids is 1. The first-order chi connectivity index (χ1) is 10.1. The van der Waals surface area contributed by atoms with Gasteiger partial charge in [0.2, 0.25) is 5.91 Å². The summed E-state index contributed by atoms with van der Waals surface area (Å²) in [5, 5.41) is 10.6. The van der Waals surface area contributed by atoms with Crippen LogP contribution in [0.15, 0.2) is 17.5 Å². The van der Waals surface area contributed by atoms with E-state index in [9.17, 15) is 9.59 Å². The van der Waals surface area contributed by atoms with E-state index in [1.165, 1.54) is 5.56 Å². The lowest BCUT2D eigenvalue weighted by atomic mass is 10.1. The van der Waals surface area contributed by atoms with Gasteiger partial charge in [-0.1, -0.05) is 0 Å². The zero-order chi connectivity index (χ0) is 15.2. The minimum absolute atomic E-state index is 0.000477. The number of carbonyl (C=O) groups excluding carboxylic acids is 1. The Morgan fingerprint density at radius 1 is 1.48 bits per heavy atom. The molecule has 5 nitrogen and oxygen atoms in total. The summed E-state index contributed by atoms with van der Waals surface area (Å²) in [4.78, 5) is 25.4. The Balaban J connectivity index is 1.79. The van der Waals surface area contributed by atoms with Gasteiger partial charge in [-0.3, -0.25) is 4.79 Å². The van der Waals surface area contributed by atoms with Crippen molar-refractivity contribution < 1.29 is 19.4 Å². The molecule has 2 rings (SSSR count). The molecule has 1 aromatic heterocycles. The lowest BCUT2D eigenvalue weighted by molar-refractivity contribution is -0.146. The highest BCUT2D eigenvalue weighted by Gasteiger charge is 2.22. The fourth-order valence-electron chi connectivity index (χ4n) is 2.24. The molecule has 1 amide bonds. The third-order valence-corrected chi connectivity index (χ3v) is 4.46. The van der Waals surface area contributed by atoms with Crippen LogP contribution >= 0.6 is 11.3 Å². The quantitative estimate of drug-likeness (QED) is 0.846. The van der Waals surface area contributed by atoms with Crippen LogP contribution in [0, 0.1) is 6.92 Å². The maximum absolute atomic E-state index is 12.1. The van der Waals surface area contributed by atoms with Crippen LogP contribution in [0.5, 0.6) is 0 Å². The number of nitrogens with zero attached hydrogens (tertiary/aromatic N) is 1. The van der Waals surface area contributed by atoms with E-state index in [-0.39, 0.29) is 18.6 Å². The Morgan fingerprint density at radius 2 is 2.19 bits per heavy atom. The smallest absolute Gasteiger partial charge is 0.329 e. The van der Waals surface area contributed by atoms with Crippen LogP contribution in [0.4, 0.5) is 0 Å². The third kappa shape index (κ3) is 4.68. The van der Waals surface area contributed by atoms with E-state index in [1.807, 2.05) is 24.4 Å². The summed E-state index contributed by atoms with van der Waals surface area (Å²) >= 11 is 1.61. The molecule has 0 spiro atoms. The Hall–Kier alpha value is -1.66. The fourth-order valence-corrected chi connectivity index (χ4v) is 3.06. The van der Waals surface area contributed by atoms with Crippen molar-refractivity contribution in [3.63, 3.8) is 0 Å². The average Bonchev–Trinajstić information content (AvgIpc) is 2.88. The van der Waals surface area contributed by atoms with Gasteiger partial charge in [-0.05, 0) is 42.9 Å². The molecule has 0 radical (unpaired) electrons. The van der Waals surface area contributed by atoms with Gasteiger partial charge in [0, 0.05) is 24.0 Å². The lowest BCUT2D eigenvalue weighted by Gasteiger charge is -2.30. The van der Waals surface area contributed by atoms with Gasteiger partial charge in [0.1, 0.15) is 6.61 Å². The molecule has 1 aromatic rings. The van der Waals surface area contributed by atoms with E-state index in [1.54, 1.807) is 22.3 Å². The number of hydrogen-bond acceptors (Lipinski definition) is 4. The zero-order valence-electron chi connectivity index (χ0n) is 11.9. The van der Waals surface area contributed by atoms with Gasteiger partial charge in [0.05, 0.1) is 6.10 Å². The minimum Gasteiger partial charge on any atom is -0.480 e. The molecule has 114 valence electrons. The molecule has 2 heterocycles. The normalized spacial score (nSPS) is 16.5. The summed E-state index contributed by atoms with van der Waals surface area (Å²) in [5.41, 5.74) is 1.17. The SMILES string of the molecule is Cc1ccsc1C=CC(=O)N1CCC(OCC(=O)O)CC1. The van der Waals surface area contributed by atoms with Crippen LogP contribution in [-0.4, -0.2) is 47.7 Å². The average molecular weight is 309 g/mol. The molecule has 1 N–H and O–H groups in total. The van der Waals surface area contributed by atoms with Crippen molar-refractivity contribution in [3.8, 4) is 0 Å². The Labute approximate surface area is 127 Å². The largest absolute Gasteiger partial charge is 0.480 e. The summed E-state index contributed by atoms with van der Waals surface area (Å²) < 4.78 is 5.25. The van der Waals surface area contributed by atoms with Gasteiger partial charge in [-0.2, -0.15) is 0 Å². The molecule has 0 saturated carbocycles.